The molecule has 0 bridgehead atoms. The zero-order chi connectivity index (χ0) is 18.8. The lowest BCUT2D eigenvalue weighted by molar-refractivity contribution is 0.0987. The van der Waals surface area contributed by atoms with E-state index >= 15 is 0 Å². The van der Waals surface area contributed by atoms with Gasteiger partial charge >= 0.3 is 0 Å². The number of hydrogen-bond donors (Lipinski definition) is 1. The molecule has 0 radical (unpaired) electrons. The monoisotopic (exact) mass is 376 g/mol. The van der Waals surface area contributed by atoms with Crippen molar-refractivity contribution in [2.24, 2.45) is 0 Å². The van der Waals surface area contributed by atoms with Gasteiger partial charge in [-0.1, -0.05) is 23.8 Å². The highest BCUT2D eigenvalue weighted by Gasteiger charge is 2.24. The predicted molar refractivity (Wildman–Crippen MR) is 110 cm³/mol. The van der Waals surface area contributed by atoms with Crippen molar-refractivity contribution in [3.63, 3.8) is 0 Å². The molecule has 1 aliphatic heterocycles. The van der Waals surface area contributed by atoms with E-state index in [1.165, 1.54) is 11.3 Å². The minimum absolute atomic E-state index is 0.0439. The molecule has 0 saturated carbocycles. The number of fused-ring (bicyclic) bond motifs is 1. The van der Waals surface area contributed by atoms with E-state index in [2.05, 4.69) is 5.32 Å². The quantitative estimate of drug-likeness (QED) is 0.707. The summed E-state index contributed by atoms with van der Waals surface area (Å²) in [5.41, 5.74) is 4.54. The highest BCUT2D eigenvalue weighted by molar-refractivity contribution is 7.12. The number of anilines is 2. The number of nitrogens with one attached hydrogen (secondary N) is 1. The Balaban J connectivity index is 1.55. The average Bonchev–Trinajstić information content (AvgIpc) is 3.22. The standard InChI is InChI=1S/C22H20N2O2S/c1-15-6-8-16(9-7-15)21(25)23-18-10-11-19-17(14-18)4-2-12-24(19)22(26)20-5-3-13-27-20/h3,5-11,13-14H,2,4,12H2,1H3,(H,23,25). The Morgan fingerprint density at radius 1 is 1.07 bits per heavy atom. The van der Waals surface area contributed by atoms with Gasteiger partial charge in [-0.2, -0.15) is 0 Å². The van der Waals surface area contributed by atoms with Crippen molar-refractivity contribution in [3.8, 4) is 0 Å². The zero-order valence-electron chi connectivity index (χ0n) is 15.1. The molecular weight excluding hydrogens is 356 g/mol. The molecule has 0 spiro atoms. The third kappa shape index (κ3) is 3.64. The van der Waals surface area contributed by atoms with Crippen LogP contribution in [0.4, 0.5) is 11.4 Å². The molecule has 2 amide bonds. The van der Waals surface area contributed by atoms with Gasteiger partial charge in [0.15, 0.2) is 0 Å². The Morgan fingerprint density at radius 2 is 1.89 bits per heavy atom. The fraction of sp³-hybridized carbons (Fsp3) is 0.182. The van der Waals surface area contributed by atoms with Crippen LogP contribution in [0.3, 0.4) is 0 Å². The van der Waals surface area contributed by atoms with Crippen LogP contribution in [0.1, 0.15) is 37.6 Å². The lowest BCUT2D eigenvalue weighted by atomic mass is 10.0. The molecule has 0 atom stereocenters. The number of thiophene rings is 1. The van der Waals surface area contributed by atoms with Crippen molar-refractivity contribution >= 4 is 34.5 Å². The lowest BCUT2D eigenvalue weighted by Gasteiger charge is -2.29. The summed E-state index contributed by atoms with van der Waals surface area (Å²) in [6.07, 6.45) is 1.82. The van der Waals surface area contributed by atoms with Crippen molar-refractivity contribution in [1.82, 2.24) is 0 Å². The Hall–Kier alpha value is -2.92. The molecule has 4 nitrogen and oxygen atoms in total. The predicted octanol–water partition coefficient (Wildman–Crippen LogP) is 4.90. The molecule has 1 N–H and O–H groups in total. The fourth-order valence-electron chi connectivity index (χ4n) is 3.33. The molecule has 1 aliphatic rings. The minimum atomic E-state index is -0.128. The van der Waals surface area contributed by atoms with Crippen molar-refractivity contribution in [2.75, 3.05) is 16.8 Å². The van der Waals surface area contributed by atoms with E-state index < -0.39 is 0 Å². The molecule has 0 saturated heterocycles. The van der Waals surface area contributed by atoms with Gasteiger partial charge in [-0.3, -0.25) is 9.59 Å². The van der Waals surface area contributed by atoms with Crippen molar-refractivity contribution in [2.45, 2.75) is 19.8 Å². The summed E-state index contributed by atoms with van der Waals surface area (Å²) in [5.74, 6) is -0.0836. The van der Waals surface area contributed by atoms with E-state index in [-0.39, 0.29) is 11.8 Å². The number of carbonyl (C=O) groups excluding carboxylic acids is 2. The molecule has 5 heteroatoms. The van der Waals surface area contributed by atoms with Crippen LogP contribution in [0.25, 0.3) is 0 Å². The maximum Gasteiger partial charge on any atom is 0.268 e. The molecule has 0 aliphatic carbocycles. The second-order valence-electron chi connectivity index (χ2n) is 6.70. The number of carbonyl (C=O) groups is 2. The Kier molecular flexibility index (Phi) is 4.77. The highest BCUT2D eigenvalue weighted by atomic mass is 32.1. The molecule has 2 heterocycles. The summed E-state index contributed by atoms with van der Waals surface area (Å²) in [4.78, 5) is 27.8. The second-order valence-corrected chi connectivity index (χ2v) is 7.65. The normalized spacial score (nSPS) is 13.1. The van der Waals surface area contributed by atoms with Crippen LogP contribution >= 0.6 is 11.3 Å². The molecular formula is C22H20N2O2S. The lowest BCUT2D eigenvalue weighted by Crippen LogP contribution is -2.35. The highest BCUT2D eigenvalue weighted by Crippen LogP contribution is 2.31. The van der Waals surface area contributed by atoms with Gasteiger partial charge in [-0.25, -0.2) is 0 Å². The summed E-state index contributed by atoms with van der Waals surface area (Å²) in [6, 6.07) is 17.0. The first-order valence-electron chi connectivity index (χ1n) is 8.98. The molecule has 4 rings (SSSR count). The van der Waals surface area contributed by atoms with Gasteiger partial charge in [0.05, 0.1) is 4.88 Å². The average molecular weight is 376 g/mol. The summed E-state index contributed by atoms with van der Waals surface area (Å²) >= 11 is 1.46. The van der Waals surface area contributed by atoms with E-state index in [0.29, 0.717) is 5.56 Å². The molecule has 0 fully saturated rings. The van der Waals surface area contributed by atoms with Gasteiger partial charge in [-0.15, -0.1) is 11.3 Å². The van der Waals surface area contributed by atoms with Gasteiger partial charge in [0.25, 0.3) is 11.8 Å². The van der Waals surface area contributed by atoms with Gasteiger partial charge in [-0.05, 0) is 67.1 Å². The van der Waals surface area contributed by atoms with Crippen molar-refractivity contribution in [3.05, 3.63) is 81.5 Å². The third-order valence-corrected chi connectivity index (χ3v) is 5.60. The number of rotatable bonds is 3. The van der Waals surface area contributed by atoms with Gasteiger partial charge < -0.3 is 10.2 Å². The van der Waals surface area contributed by atoms with E-state index in [4.69, 9.17) is 0 Å². The summed E-state index contributed by atoms with van der Waals surface area (Å²) in [6.45, 7) is 2.72. The number of nitrogens with zero attached hydrogens (tertiary/aromatic N) is 1. The zero-order valence-corrected chi connectivity index (χ0v) is 15.9. The van der Waals surface area contributed by atoms with E-state index in [1.54, 1.807) is 0 Å². The van der Waals surface area contributed by atoms with Crippen LogP contribution in [0.2, 0.25) is 0 Å². The van der Waals surface area contributed by atoms with Crippen molar-refractivity contribution < 1.29 is 9.59 Å². The SMILES string of the molecule is Cc1ccc(C(=O)Nc2ccc3c(c2)CCCN3C(=O)c2cccs2)cc1. The van der Waals surface area contributed by atoms with E-state index in [1.807, 2.05) is 71.8 Å². The van der Waals surface area contributed by atoms with Crippen LogP contribution in [0, 0.1) is 6.92 Å². The first-order valence-corrected chi connectivity index (χ1v) is 9.86. The number of amides is 2. The molecule has 136 valence electrons. The molecule has 2 aromatic carbocycles. The van der Waals surface area contributed by atoms with Crippen LogP contribution < -0.4 is 10.2 Å². The first-order chi connectivity index (χ1) is 13.1. The van der Waals surface area contributed by atoms with Crippen LogP contribution in [0.15, 0.2) is 60.0 Å². The number of aryl methyl sites for hydroxylation is 2. The Morgan fingerprint density at radius 3 is 2.63 bits per heavy atom. The van der Waals surface area contributed by atoms with Crippen LogP contribution in [-0.4, -0.2) is 18.4 Å². The number of benzene rings is 2. The van der Waals surface area contributed by atoms with Crippen molar-refractivity contribution in [1.29, 1.82) is 0 Å². The van der Waals surface area contributed by atoms with E-state index in [9.17, 15) is 9.59 Å². The molecule has 3 aromatic rings. The Labute approximate surface area is 162 Å². The molecule has 0 unspecified atom stereocenters. The van der Waals surface area contributed by atoms with Gasteiger partial charge in [0.2, 0.25) is 0 Å². The van der Waals surface area contributed by atoms with Gasteiger partial charge in [0, 0.05) is 23.5 Å². The smallest absolute Gasteiger partial charge is 0.268 e. The Bertz CT molecular complexity index is 978. The number of hydrogen-bond acceptors (Lipinski definition) is 3. The largest absolute Gasteiger partial charge is 0.322 e. The summed E-state index contributed by atoms with van der Waals surface area (Å²) in [7, 11) is 0. The van der Waals surface area contributed by atoms with Crippen LogP contribution in [0.5, 0.6) is 0 Å². The van der Waals surface area contributed by atoms with E-state index in [0.717, 1.165) is 46.8 Å². The fourth-order valence-corrected chi connectivity index (χ4v) is 4.00. The molecule has 27 heavy (non-hydrogen) atoms. The maximum absolute atomic E-state index is 12.8. The second kappa shape index (κ2) is 7.37. The third-order valence-electron chi connectivity index (χ3n) is 4.75. The minimum Gasteiger partial charge on any atom is -0.322 e. The topological polar surface area (TPSA) is 49.4 Å². The summed E-state index contributed by atoms with van der Waals surface area (Å²) < 4.78 is 0. The maximum atomic E-state index is 12.8. The summed E-state index contributed by atoms with van der Waals surface area (Å²) in [5, 5.41) is 4.88. The van der Waals surface area contributed by atoms with Gasteiger partial charge in [0.1, 0.15) is 0 Å². The first kappa shape index (κ1) is 17.5. The molecule has 1 aromatic heterocycles. The van der Waals surface area contributed by atoms with Crippen LogP contribution in [-0.2, 0) is 6.42 Å².